The highest BCUT2D eigenvalue weighted by Crippen LogP contribution is 2.30. The molecule has 0 aliphatic heterocycles. The van der Waals surface area contributed by atoms with E-state index in [2.05, 4.69) is 0 Å². The molecule has 0 atom stereocenters. The molecular weight excluding hydrogens is 313 g/mol. The number of hydrogen-bond donors (Lipinski definition) is 1. The van der Waals surface area contributed by atoms with Crippen LogP contribution in [0, 0.1) is 0 Å². The highest BCUT2D eigenvalue weighted by Gasteiger charge is 2.19. The third-order valence-corrected chi connectivity index (χ3v) is 3.57. The number of nitrogens with two attached hydrogens (primary N) is 1. The van der Waals surface area contributed by atoms with Gasteiger partial charge in [-0.1, -0.05) is 53.5 Å². The lowest BCUT2D eigenvalue weighted by atomic mass is 10.1. The second kappa shape index (κ2) is 6.61. The van der Waals surface area contributed by atoms with Gasteiger partial charge in [-0.15, -0.1) is 0 Å². The Kier molecular flexibility index (Phi) is 4.83. The molecule has 0 bridgehead atoms. The van der Waals surface area contributed by atoms with Crippen LogP contribution in [0.25, 0.3) is 0 Å². The second-order valence-electron chi connectivity index (χ2n) is 4.19. The van der Waals surface area contributed by atoms with Gasteiger partial charge in [0.15, 0.2) is 12.4 Å². The number of halogens is 2. The molecule has 0 spiro atoms. The molecule has 0 heterocycles. The minimum absolute atomic E-state index is 0.00817. The lowest BCUT2D eigenvalue weighted by Crippen LogP contribution is -2.15. The van der Waals surface area contributed by atoms with Crippen molar-refractivity contribution < 1.29 is 14.3 Å². The van der Waals surface area contributed by atoms with Crippen LogP contribution in [-0.4, -0.2) is 18.4 Å². The van der Waals surface area contributed by atoms with E-state index in [0.717, 1.165) is 0 Å². The Balaban J connectivity index is 2.10. The van der Waals surface area contributed by atoms with Gasteiger partial charge in [0.2, 0.25) is 0 Å². The van der Waals surface area contributed by atoms with Crippen LogP contribution in [0.5, 0.6) is 0 Å². The van der Waals surface area contributed by atoms with Crippen molar-refractivity contribution >= 4 is 40.6 Å². The molecule has 2 aromatic rings. The van der Waals surface area contributed by atoms with E-state index in [4.69, 9.17) is 33.7 Å². The normalized spacial score (nSPS) is 10.2. The van der Waals surface area contributed by atoms with E-state index >= 15 is 0 Å². The van der Waals surface area contributed by atoms with Crippen LogP contribution < -0.4 is 5.73 Å². The smallest absolute Gasteiger partial charge is 0.342 e. The summed E-state index contributed by atoms with van der Waals surface area (Å²) in [4.78, 5) is 23.8. The first-order valence-electron chi connectivity index (χ1n) is 5.99. The number of ether oxygens (including phenoxy) is 1. The fourth-order valence-electron chi connectivity index (χ4n) is 1.68. The molecule has 2 rings (SSSR count). The Morgan fingerprint density at radius 3 is 2.38 bits per heavy atom. The molecule has 0 fully saturated rings. The van der Waals surface area contributed by atoms with Crippen molar-refractivity contribution in [2.75, 3.05) is 12.3 Å². The first-order valence-corrected chi connectivity index (χ1v) is 6.75. The van der Waals surface area contributed by atoms with Gasteiger partial charge in [-0.25, -0.2) is 4.79 Å². The molecule has 6 heteroatoms. The number of hydrogen-bond acceptors (Lipinski definition) is 4. The first-order chi connectivity index (χ1) is 10.0. The lowest BCUT2D eigenvalue weighted by Gasteiger charge is -2.09. The minimum Gasteiger partial charge on any atom is -0.454 e. The molecule has 0 aliphatic carbocycles. The predicted molar refractivity (Wildman–Crippen MR) is 81.9 cm³/mol. The molecule has 0 radical (unpaired) electrons. The molecule has 2 aromatic carbocycles. The van der Waals surface area contributed by atoms with Gasteiger partial charge in [0.1, 0.15) is 5.56 Å². The minimum atomic E-state index is -0.788. The summed E-state index contributed by atoms with van der Waals surface area (Å²) in [6.45, 7) is -0.398. The van der Waals surface area contributed by atoms with Crippen molar-refractivity contribution in [3.8, 4) is 0 Å². The van der Waals surface area contributed by atoms with Crippen molar-refractivity contribution in [2.45, 2.75) is 0 Å². The number of benzene rings is 2. The summed E-state index contributed by atoms with van der Waals surface area (Å²) in [6, 6.07) is 11.4. The fourth-order valence-corrected chi connectivity index (χ4v) is 2.09. The van der Waals surface area contributed by atoms with Gasteiger partial charge >= 0.3 is 5.97 Å². The zero-order chi connectivity index (χ0) is 15.4. The maximum absolute atomic E-state index is 12.0. The van der Waals surface area contributed by atoms with Crippen molar-refractivity contribution in [3.63, 3.8) is 0 Å². The molecule has 2 N–H and O–H groups in total. The van der Waals surface area contributed by atoms with E-state index < -0.39 is 12.6 Å². The number of rotatable bonds is 4. The largest absolute Gasteiger partial charge is 0.454 e. The van der Waals surface area contributed by atoms with Gasteiger partial charge in [-0.3, -0.25) is 4.79 Å². The van der Waals surface area contributed by atoms with Crippen LogP contribution >= 0.6 is 23.2 Å². The SMILES string of the molecule is Nc1ccc(Cl)c(Cl)c1C(=O)OCC(=O)c1ccccc1. The van der Waals surface area contributed by atoms with Crippen LogP contribution in [0.2, 0.25) is 10.0 Å². The van der Waals surface area contributed by atoms with Gasteiger partial charge in [-0.05, 0) is 12.1 Å². The highest BCUT2D eigenvalue weighted by molar-refractivity contribution is 6.44. The molecule has 0 unspecified atom stereocenters. The molecule has 21 heavy (non-hydrogen) atoms. The van der Waals surface area contributed by atoms with Crippen LogP contribution in [0.15, 0.2) is 42.5 Å². The van der Waals surface area contributed by atoms with Crippen LogP contribution in [0.1, 0.15) is 20.7 Å². The number of Topliss-reactive ketones (excluding diaryl/α,β-unsaturated/α-hetero) is 1. The number of esters is 1. The summed E-state index contributed by atoms with van der Waals surface area (Å²) in [5.41, 5.74) is 6.24. The van der Waals surface area contributed by atoms with Crippen molar-refractivity contribution in [3.05, 3.63) is 63.6 Å². The number of carbonyl (C=O) groups is 2. The summed E-state index contributed by atoms with van der Waals surface area (Å²) < 4.78 is 4.95. The fraction of sp³-hybridized carbons (Fsp3) is 0.0667. The Labute approximate surface area is 131 Å². The first kappa shape index (κ1) is 15.4. The van der Waals surface area contributed by atoms with E-state index in [-0.39, 0.29) is 27.1 Å². The lowest BCUT2D eigenvalue weighted by molar-refractivity contribution is 0.0476. The zero-order valence-electron chi connectivity index (χ0n) is 10.8. The molecule has 4 nitrogen and oxygen atoms in total. The van der Waals surface area contributed by atoms with E-state index in [1.165, 1.54) is 12.1 Å². The number of anilines is 1. The van der Waals surface area contributed by atoms with Gasteiger partial charge in [0.25, 0.3) is 0 Å². The third kappa shape index (κ3) is 3.54. The standard InChI is InChI=1S/C15H11Cl2NO3/c16-10-6-7-11(18)13(14(10)17)15(20)21-8-12(19)9-4-2-1-3-5-9/h1-7H,8,18H2. The number of nitrogen functional groups attached to an aromatic ring is 1. The van der Waals surface area contributed by atoms with E-state index in [9.17, 15) is 9.59 Å². The second-order valence-corrected chi connectivity index (χ2v) is 4.98. The van der Waals surface area contributed by atoms with Crippen LogP contribution in [0.4, 0.5) is 5.69 Å². The highest BCUT2D eigenvalue weighted by atomic mass is 35.5. The summed E-state index contributed by atoms with van der Waals surface area (Å²) in [7, 11) is 0. The quantitative estimate of drug-likeness (QED) is 0.530. The maximum atomic E-state index is 12.0. The summed E-state index contributed by atoms with van der Waals surface area (Å²) in [5.74, 6) is -1.11. The van der Waals surface area contributed by atoms with Gasteiger partial charge < -0.3 is 10.5 Å². The Morgan fingerprint density at radius 1 is 1.05 bits per heavy atom. The molecular formula is C15H11Cl2NO3. The molecule has 0 aromatic heterocycles. The zero-order valence-corrected chi connectivity index (χ0v) is 12.3. The number of ketones is 1. The van der Waals surface area contributed by atoms with E-state index in [1.54, 1.807) is 30.3 Å². The van der Waals surface area contributed by atoms with E-state index in [1.807, 2.05) is 0 Å². The summed E-state index contributed by atoms with van der Waals surface area (Å²) in [5, 5.41) is 0.195. The Morgan fingerprint density at radius 2 is 1.71 bits per heavy atom. The molecule has 108 valence electrons. The average Bonchev–Trinajstić information content (AvgIpc) is 2.50. The van der Waals surface area contributed by atoms with Gasteiger partial charge in [0.05, 0.1) is 10.0 Å². The summed E-state index contributed by atoms with van der Waals surface area (Å²) >= 11 is 11.8. The number of carbonyl (C=O) groups excluding carboxylic acids is 2. The van der Waals surface area contributed by atoms with Crippen molar-refractivity contribution in [1.82, 2.24) is 0 Å². The molecule has 0 saturated carbocycles. The molecule has 0 amide bonds. The Hall–Kier alpha value is -2.04. The summed E-state index contributed by atoms with van der Waals surface area (Å²) in [6.07, 6.45) is 0. The monoisotopic (exact) mass is 323 g/mol. The predicted octanol–water partition coefficient (Wildman–Crippen LogP) is 3.62. The Bertz CT molecular complexity index is 687. The van der Waals surface area contributed by atoms with Gasteiger partial charge in [-0.2, -0.15) is 0 Å². The van der Waals surface area contributed by atoms with E-state index in [0.29, 0.717) is 5.56 Å². The molecule has 0 saturated heterocycles. The van der Waals surface area contributed by atoms with Crippen LogP contribution in [0.3, 0.4) is 0 Å². The van der Waals surface area contributed by atoms with Crippen molar-refractivity contribution in [2.24, 2.45) is 0 Å². The third-order valence-electron chi connectivity index (χ3n) is 2.76. The maximum Gasteiger partial charge on any atom is 0.342 e. The van der Waals surface area contributed by atoms with Gasteiger partial charge in [0, 0.05) is 11.3 Å². The van der Waals surface area contributed by atoms with Crippen molar-refractivity contribution in [1.29, 1.82) is 0 Å². The van der Waals surface area contributed by atoms with Crippen LogP contribution in [-0.2, 0) is 4.74 Å². The average molecular weight is 324 g/mol. The topological polar surface area (TPSA) is 69.4 Å². The molecule has 0 aliphatic rings.